The molecule has 0 saturated carbocycles. The van der Waals surface area contributed by atoms with Gasteiger partial charge in [0.05, 0.1) is 5.56 Å². The Morgan fingerprint density at radius 1 is 1.04 bits per heavy atom. The number of pyridine rings is 1. The van der Waals surface area contributed by atoms with Crippen LogP contribution in [-0.4, -0.2) is 20.9 Å². The van der Waals surface area contributed by atoms with Crippen LogP contribution in [0.3, 0.4) is 0 Å². The summed E-state index contributed by atoms with van der Waals surface area (Å²) in [7, 11) is 0. The van der Waals surface area contributed by atoms with Gasteiger partial charge in [0.1, 0.15) is 5.52 Å². The molecule has 3 rings (SSSR count). The second-order valence-electron chi connectivity index (χ2n) is 5.24. The molecule has 0 spiro atoms. The number of para-hydroxylation sites is 1. The third-order valence-electron chi connectivity index (χ3n) is 3.82. The van der Waals surface area contributed by atoms with Gasteiger partial charge in [0.15, 0.2) is 5.65 Å². The van der Waals surface area contributed by atoms with Crippen LogP contribution in [-0.2, 0) is 12.8 Å². The fourth-order valence-corrected chi connectivity index (χ4v) is 2.57. The maximum Gasteiger partial charge on any atom is 0.257 e. The first kappa shape index (κ1) is 15.1. The van der Waals surface area contributed by atoms with Crippen molar-refractivity contribution in [3.8, 4) is 0 Å². The summed E-state index contributed by atoms with van der Waals surface area (Å²) in [4.78, 5) is 25.1. The highest BCUT2D eigenvalue weighted by Gasteiger charge is 2.13. The maximum absolute atomic E-state index is 12.6. The number of aryl methyl sites for hydroxylation is 2. The first-order valence-corrected chi connectivity index (χ1v) is 7.71. The Bertz CT molecular complexity index is 838. The topological polar surface area (TPSA) is 67.8 Å². The monoisotopic (exact) mass is 306 g/mol. The minimum atomic E-state index is -0.180. The van der Waals surface area contributed by atoms with Crippen LogP contribution in [0, 0.1) is 0 Å². The molecular weight excluding hydrogens is 288 g/mol. The molecule has 23 heavy (non-hydrogen) atoms. The average Bonchev–Trinajstić information content (AvgIpc) is 2.61. The molecule has 1 aromatic carbocycles. The Morgan fingerprint density at radius 3 is 2.43 bits per heavy atom. The van der Waals surface area contributed by atoms with Gasteiger partial charge in [-0.25, -0.2) is 9.97 Å². The molecule has 0 aliphatic rings. The Hall–Kier alpha value is -2.82. The highest BCUT2D eigenvalue weighted by molar-refractivity contribution is 6.06. The number of fused-ring (bicyclic) bond motifs is 1. The third-order valence-corrected chi connectivity index (χ3v) is 3.82. The minimum Gasteiger partial charge on any atom is -0.321 e. The van der Waals surface area contributed by atoms with Crippen molar-refractivity contribution in [1.82, 2.24) is 15.0 Å². The Morgan fingerprint density at radius 2 is 1.74 bits per heavy atom. The maximum atomic E-state index is 12.6. The number of nitrogens with one attached hydrogen (secondary N) is 1. The molecule has 0 saturated heterocycles. The smallest absolute Gasteiger partial charge is 0.257 e. The van der Waals surface area contributed by atoms with E-state index in [1.54, 1.807) is 18.5 Å². The molecule has 2 heterocycles. The SMILES string of the molecule is CCc1cccc(CC)c1NC(=O)c1cnc2nccnc2c1. The van der Waals surface area contributed by atoms with Gasteiger partial charge in [-0.15, -0.1) is 0 Å². The van der Waals surface area contributed by atoms with Crippen LogP contribution in [0.25, 0.3) is 11.2 Å². The molecule has 0 radical (unpaired) electrons. The number of nitrogens with zero attached hydrogens (tertiary/aromatic N) is 3. The van der Waals surface area contributed by atoms with Crippen LogP contribution in [0.15, 0.2) is 42.9 Å². The number of rotatable bonds is 4. The number of anilines is 1. The highest BCUT2D eigenvalue weighted by atomic mass is 16.1. The Kier molecular flexibility index (Phi) is 4.28. The number of hydrogen-bond donors (Lipinski definition) is 1. The second kappa shape index (κ2) is 6.52. The van der Waals surface area contributed by atoms with E-state index in [0.29, 0.717) is 16.7 Å². The predicted octanol–water partition coefficient (Wildman–Crippen LogP) is 3.40. The van der Waals surface area contributed by atoms with Gasteiger partial charge < -0.3 is 5.32 Å². The summed E-state index contributed by atoms with van der Waals surface area (Å²) in [5, 5.41) is 3.03. The molecule has 1 amide bonds. The first-order chi connectivity index (χ1) is 11.2. The van der Waals surface area contributed by atoms with E-state index in [9.17, 15) is 4.79 Å². The Labute approximate surface area is 134 Å². The molecule has 5 heteroatoms. The molecule has 0 bridgehead atoms. The van der Waals surface area contributed by atoms with Crippen LogP contribution in [0.1, 0.15) is 35.3 Å². The summed E-state index contributed by atoms with van der Waals surface area (Å²) < 4.78 is 0. The van der Waals surface area contributed by atoms with E-state index >= 15 is 0 Å². The standard InChI is InChI=1S/C18H18N4O/c1-3-12-6-5-7-13(4-2)16(12)22-18(23)14-10-15-17(21-11-14)20-9-8-19-15/h5-11H,3-4H2,1-2H3,(H,22,23). The number of hydrogen-bond acceptors (Lipinski definition) is 4. The normalized spacial score (nSPS) is 10.7. The summed E-state index contributed by atoms with van der Waals surface area (Å²) in [6.45, 7) is 4.16. The van der Waals surface area contributed by atoms with Crippen LogP contribution < -0.4 is 5.32 Å². The Balaban J connectivity index is 1.94. The number of benzene rings is 1. The summed E-state index contributed by atoms with van der Waals surface area (Å²) in [6.07, 6.45) is 6.44. The highest BCUT2D eigenvalue weighted by Crippen LogP contribution is 2.23. The van der Waals surface area contributed by atoms with E-state index in [1.165, 1.54) is 6.20 Å². The fraction of sp³-hybridized carbons (Fsp3) is 0.222. The fourth-order valence-electron chi connectivity index (χ4n) is 2.57. The lowest BCUT2D eigenvalue weighted by Gasteiger charge is -2.14. The van der Waals surface area contributed by atoms with E-state index in [0.717, 1.165) is 29.7 Å². The summed E-state index contributed by atoms with van der Waals surface area (Å²) in [6, 6.07) is 7.82. The van der Waals surface area contributed by atoms with E-state index < -0.39 is 0 Å². The van der Waals surface area contributed by atoms with Gasteiger partial charge in [0, 0.05) is 24.3 Å². The van der Waals surface area contributed by atoms with E-state index in [1.807, 2.05) is 18.2 Å². The molecule has 0 aliphatic heterocycles. The number of carbonyl (C=O) groups excluding carboxylic acids is 1. The molecule has 0 aliphatic carbocycles. The molecule has 1 N–H and O–H groups in total. The van der Waals surface area contributed by atoms with Gasteiger partial charge in [-0.2, -0.15) is 0 Å². The molecule has 2 aromatic heterocycles. The van der Waals surface area contributed by atoms with E-state index in [2.05, 4.69) is 34.1 Å². The van der Waals surface area contributed by atoms with Crippen molar-refractivity contribution in [3.05, 3.63) is 59.5 Å². The molecule has 0 unspecified atom stereocenters. The average molecular weight is 306 g/mol. The van der Waals surface area contributed by atoms with Crippen molar-refractivity contribution in [1.29, 1.82) is 0 Å². The number of amides is 1. The van der Waals surface area contributed by atoms with Crippen molar-refractivity contribution < 1.29 is 4.79 Å². The van der Waals surface area contributed by atoms with Gasteiger partial charge in [-0.05, 0) is 30.0 Å². The van der Waals surface area contributed by atoms with Crippen molar-refractivity contribution in [2.75, 3.05) is 5.32 Å². The lowest BCUT2D eigenvalue weighted by Crippen LogP contribution is -2.15. The zero-order valence-corrected chi connectivity index (χ0v) is 13.2. The quantitative estimate of drug-likeness (QED) is 0.802. The number of aromatic nitrogens is 3. The van der Waals surface area contributed by atoms with Crippen LogP contribution >= 0.6 is 0 Å². The van der Waals surface area contributed by atoms with Gasteiger partial charge in [-0.3, -0.25) is 9.78 Å². The zero-order valence-electron chi connectivity index (χ0n) is 13.2. The lowest BCUT2D eigenvalue weighted by molar-refractivity contribution is 0.102. The van der Waals surface area contributed by atoms with E-state index in [-0.39, 0.29) is 5.91 Å². The summed E-state index contributed by atoms with van der Waals surface area (Å²) in [5.74, 6) is -0.180. The number of carbonyl (C=O) groups is 1. The largest absolute Gasteiger partial charge is 0.321 e. The zero-order chi connectivity index (χ0) is 16.2. The first-order valence-electron chi connectivity index (χ1n) is 7.71. The molecular formula is C18H18N4O. The second-order valence-corrected chi connectivity index (χ2v) is 5.24. The molecule has 0 fully saturated rings. The molecule has 5 nitrogen and oxygen atoms in total. The van der Waals surface area contributed by atoms with Crippen LogP contribution in [0.2, 0.25) is 0 Å². The van der Waals surface area contributed by atoms with Crippen molar-refractivity contribution in [2.24, 2.45) is 0 Å². The van der Waals surface area contributed by atoms with Gasteiger partial charge in [0.2, 0.25) is 0 Å². The lowest BCUT2D eigenvalue weighted by atomic mass is 10.0. The molecule has 116 valence electrons. The van der Waals surface area contributed by atoms with Crippen molar-refractivity contribution in [3.63, 3.8) is 0 Å². The minimum absolute atomic E-state index is 0.180. The summed E-state index contributed by atoms with van der Waals surface area (Å²) >= 11 is 0. The van der Waals surface area contributed by atoms with Crippen molar-refractivity contribution in [2.45, 2.75) is 26.7 Å². The summed E-state index contributed by atoms with van der Waals surface area (Å²) in [5.41, 5.74) is 4.79. The van der Waals surface area contributed by atoms with Crippen LogP contribution in [0.5, 0.6) is 0 Å². The van der Waals surface area contributed by atoms with Gasteiger partial charge in [-0.1, -0.05) is 32.0 Å². The molecule has 3 aromatic rings. The van der Waals surface area contributed by atoms with E-state index in [4.69, 9.17) is 0 Å². The van der Waals surface area contributed by atoms with Gasteiger partial charge >= 0.3 is 0 Å². The third kappa shape index (κ3) is 3.04. The molecule has 0 atom stereocenters. The van der Waals surface area contributed by atoms with Crippen LogP contribution in [0.4, 0.5) is 5.69 Å². The van der Waals surface area contributed by atoms with Gasteiger partial charge in [0.25, 0.3) is 5.91 Å². The van der Waals surface area contributed by atoms with Crippen molar-refractivity contribution >= 4 is 22.8 Å². The predicted molar refractivity (Wildman–Crippen MR) is 90.5 cm³/mol.